The SMILES string of the molecule is Cc1ccc(/C=C/C(=O)OCc2ccc(Cl)nc2)o1. The molecule has 0 aromatic carbocycles. The highest BCUT2D eigenvalue weighted by Crippen LogP contribution is 2.09. The van der Waals surface area contributed by atoms with Crippen molar-refractivity contribution < 1.29 is 13.9 Å². The molecule has 0 unspecified atom stereocenters. The first-order valence-corrected chi connectivity index (χ1v) is 6.03. The lowest BCUT2D eigenvalue weighted by atomic mass is 10.3. The molecule has 5 heteroatoms. The Labute approximate surface area is 115 Å². The van der Waals surface area contributed by atoms with Gasteiger partial charge in [0.2, 0.25) is 0 Å². The summed E-state index contributed by atoms with van der Waals surface area (Å²) in [7, 11) is 0. The molecule has 19 heavy (non-hydrogen) atoms. The third-order valence-corrected chi connectivity index (χ3v) is 2.54. The maximum absolute atomic E-state index is 11.5. The quantitative estimate of drug-likeness (QED) is 0.488. The Morgan fingerprint density at radius 2 is 2.26 bits per heavy atom. The van der Waals surface area contributed by atoms with E-state index in [2.05, 4.69) is 4.98 Å². The molecule has 0 radical (unpaired) electrons. The normalized spacial score (nSPS) is 10.8. The first-order valence-electron chi connectivity index (χ1n) is 5.65. The summed E-state index contributed by atoms with van der Waals surface area (Å²) in [6.07, 6.45) is 4.45. The minimum absolute atomic E-state index is 0.157. The third kappa shape index (κ3) is 4.26. The van der Waals surface area contributed by atoms with E-state index in [1.165, 1.54) is 6.08 Å². The lowest BCUT2D eigenvalue weighted by Crippen LogP contribution is -2.00. The maximum Gasteiger partial charge on any atom is 0.331 e. The molecule has 0 spiro atoms. The fourth-order valence-corrected chi connectivity index (χ4v) is 1.50. The van der Waals surface area contributed by atoms with Crippen molar-refractivity contribution in [3.8, 4) is 0 Å². The molecule has 0 saturated heterocycles. The average molecular weight is 278 g/mol. The average Bonchev–Trinajstić information content (AvgIpc) is 2.81. The summed E-state index contributed by atoms with van der Waals surface area (Å²) in [6.45, 7) is 1.99. The van der Waals surface area contributed by atoms with Gasteiger partial charge in [0.1, 0.15) is 23.3 Å². The van der Waals surface area contributed by atoms with Gasteiger partial charge >= 0.3 is 5.97 Å². The number of carbonyl (C=O) groups excluding carboxylic acids is 1. The third-order valence-electron chi connectivity index (χ3n) is 2.31. The van der Waals surface area contributed by atoms with E-state index in [0.29, 0.717) is 10.9 Å². The number of nitrogens with zero attached hydrogens (tertiary/aromatic N) is 1. The van der Waals surface area contributed by atoms with Gasteiger partial charge in [-0.25, -0.2) is 9.78 Å². The van der Waals surface area contributed by atoms with Crippen molar-refractivity contribution in [2.24, 2.45) is 0 Å². The second-order valence-electron chi connectivity index (χ2n) is 3.88. The molecule has 0 bridgehead atoms. The van der Waals surface area contributed by atoms with Crippen molar-refractivity contribution in [1.29, 1.82) is 0 Å². The van der Waals surface area contributed by atoms with E-state index in [4.69, 9.17) is 20.8 Å². The second-order valence-corrected chi connectivity index (χ2v) is 4.27. The molecule has 0 saturated carbocycles. The Hall–Kier alpha value is -2.07. The summed E-state index contributed by atoms with van der Waals surface area (Å²) >= 11 is 5.65. The van der Waals surface area contributed by atoms with E-state index in [0.717, 1.165) is 11.3 Å². The van der Waals surface area contributed by atoms with Gasteiger partial charge in [0.25, 0.3) is 0 Å². The summed E-state index contributed by atoms with van der Waals surface area (Å²) in [4.78, 5) is 15.4. The van der Waals surface area contributed by atoms with Gasteiger partial charge in [0, 0.05) is 17.8 Å². The van der Waals surface area contributed by atoms with Gasteiger partial charge in [0.05, 0.1) is 0 Å². The van der Waals surface area contributed by atoms with Crippen molar-refractivity contribution in [1.82, 2.24) is 4.98 Å². The number of ether oxygens (including phenoxy) is 1. The Balaban J connectivity index is 1.84. The molecule has 2 rings (SSSR count). The zero-order valence-corrected chi connectivity index (χ0v) is 11.1. The number of carbonyl (C=O) groups is 1. The van der Waals surface area contributed by atoms with Crippen molar-refractivity contribution in [2.75, 3.05) is 0 Å². The Kier molecular flexibility index (Phi) is 4.36. The number of esters is 1. The van der Waals surface area contributed by atoms with Crippen LogP contribution in [0.1, 0.15) is 17.1 Å². The number of hydrogen-bond acceptors (Lipinski definition) is 4. The molecule has 2 aromatic rings. The smallest absolute Gasteiger partial charge is 0.331 e. The van der Waals surface area contributed by atoms with Gasteiger partial charge in [-0.3, -0.25) is 0 Å². The monoisotopic (exact) mass is 277 g/mol. The maximum atomic E-state index is 11.5. The molecule has 98 valence electrons. The molecular weight excluding hydrogens is 266 g/mol. The fourth-order valence-electron chi connectivity index (χ4n) is 1.39. The summed E-state index contributed by atoms with van der Waals surface area (Å²) in [5.74, 6) is 0.965. The molecular formula is C14H12ClNO3. The highest BCUT2D eigenvalue weighted by atomic mass is 35.5. The highest BCUT2D eigenvalue weighted by Gasteiger charge is 2.00. The van der Waals surface area contributed by atoms with Crippen LogP contribution < -0.4 is 0 Å². The van der Waals surface area contributed by atoms with E-state index in [-0.39, 0.29) is 6.61 Å². The summed E-state index contributed by atoms with van der Waals surface area (Å²) in [5, 5.41) is 0.406. The van der Waals surface area contributed by atoms with Crippen LogP contribution in [0.5, 0.6) is 0 Å². The van der Waals surface area contributed by atoms with Crippen LogP contribution >= 0.6 is 11.6 Å². The van der Waals surface area contributed by atoms with Crippen molar-refractivity contribution in [2.45, 2.75) is 13.5 Å². The van der Waals surface area contributed by atoms with Gasteiger partial charge < -0.3 is 9.15 Å². The molecule has 0 amide bonds. The predicted molar refractivity (Wildman–Crippen MR) is 71.5 cm³/mol. The number of aromatic nitrogens is 1. The molecule has 0 fully saturated rings. The predicted octanol–water partition coefficient (Wildman–Crippen LogP) is 3.39. The number of halogens is 1. The Morgan fingerprint density at radius 3 is 2.89 bits per heavy atom. The first kappa shape index (κ1) is 13.4. The summed E-state index contributed by atoms with van der Waals surface area (Å²) < 4.78 is 10.3. The van der Waals surface area contributed by atoms with E-state index in [1.807, 2.05) is 13.0 Å². The van der Waals surface area contributed by atoms with Crippen LogP contribution in [-0.4, -0.2) is 11.0 Å². The first-order chi connectivity index (χ1) is 9.13. The minimum Gasteiger partial charge on any atom is -0.462 e. The molecule has 0 N–H and O–H groups in total. The van der Waals surface area contributed by atoms with E-state index in [9.17, 15) is 4.79 Å². The van der Waals surface area contributed by atoms with Gasteiger partial charge in [0.15, 0.2) is 0 Å². The molecule has 0 aliphatic carbocycles. The Morgan fingerprint density at radius 1 is 1.42 bits per heavy atom. The number of hydrogen-bond donors (Lipinski definition) is 0. The standard InChI is InChI=1S/C14H12ClNO3/c1-10-2-4-12(19-10)5-7-14(17)18-9-11-3-6-13(15)16-8-11/h2-8H,9H2,1H3/b7-5+. The zero-order chi connectivity index (χ0) is 13.7. The molecule has 0 aliphatic rings. The largest absolute Gasteiger partial charge is 0.462 e. The van der Waals surface area contributed by atoms with Gasteiger partial charge in [-0.1, -0.05) is 17.7 Å². The number of pyridine rings is 1. The van der Waals surface area contributed by atoms with Crippen LogP contribution in [-0.2, 0) is 16.1 Å². The summed E-state index contributed by atoms with van der Waals surface area (Å²) in [5.41, 5.74) is 0.778. The van der Waals surface area contributed by atoms with Crippen LogP contribution in [0.25, 0.3) is 6.08 Å². The molecule has 0 aliphatic heterocycles. The van der Waals surface area contributed by atoms with Crippen LogP contribution in [0, 0.1) is 6.92 Å². The van der Waals surface area contributed by atoms with Crippen LogP contribution in [0.4, 0.5) is 0 Å². The second kappa shape index (κ2) is 6.20. The van der Waals surface area contributed by atoms with Gasteiger partial charge in [-0.15, -0.1) is 0 Å². The van der Waals surface area contributed by atoms with Crippen molar-refractivity contribution >= 4 is 23.6 Å². The van der Waals surface area contributed by atoms with E-state index < -0.39 is 5.97 Å². The van der Waals surface area contributed by atoms with Crippen LogP contribution in [0.15, 0.2) is 41.0 Å². The highest BCUT2D eigenvalue weighted by molar-refractivity contribution is 6.29. The molecule has 0 atom stereocenters. The molecule has 4 nitrogen and oxygen atoms in total. The lowest BCUT2D eigenvalue weighted by molar-refractivity contribution is -0.138. The van der Waals surface area contributed by atoms with Gasteiger partial charge in [-0.2, -0.15) is 0 Å². The van der Waals surface area contributed by atoms with E-state index >= 15 is 0 Å². The number of aryl methyl sites for hydroxylation is 1. The fraction of sp³-hybridized carbons (Fsp3) is 0.143. The number of rotatable bonds is 4. The van der Waals surface area contributed by atoms with Crippen molar-refractivity contribution in [3.63, 3.8) is 0 Å². The van der Waals surface area contributed by atoms with Crippen LogP contribution in [0.3, 0.4) is 0 Å². The van der Waals surface area contributed by atoms with Gasteiger partial charge in [-0.05, 0) is 31.2 Å². The molecule has 2 aromatic heterocycles. The summed E-state index contributed by atoms with van der Waals surface area (Å²) in [6, 6.07) is 7.00. The number of furan rings is 1. The van der Waals surface area contributed by atoms with Crippen LogP contribution in [0.2, 0.25) is 5.15 Å². The minimum atomic E-state index is -0.441. The lowest BCUT2D eigenvalue weighted by Gasteiger charge is -2.01. The van der Waals surface area contributed by atoms with Crippen molar-refractivity contribution in [3.05, 3.63) is 58.8 Å². The topological polar surface area (TPSA) is 52.3 Å². The Bertz CT molecular complexity index is 587. The van der Waals surface area contributed by atoms with E-state index in [1.54, 1.807) is 30.5 Å². The molecule has 2 heterocycles. The zero-order valence-electron chi connectivity index (χ0n) is 10.3.